The lowest BCUT2D eigenvalue weighted by molar-refractivity contribution is -0.131. The lowest BCUT2D eigenvalue weighted by atomic mass is 10.2. The molecule has 1 heterocycles. The van der Waals surface area contributed by atoms with Crippen LogP contribution in [0.25, 0.3) is 0 Å². The Kier molecular flexibility index (Phi) is 6.65. The molecule has 0 unspecified atom stereocenters. The maximum Gasteiger partial charge on any atom is 0.308 e. The number of esters is 1. The van der Waals surface area contributed by atoms with E-state index in [1.807, 2.05) is 12.1 Å². The van der Waals surface area contributed by atoms with Gasteiger partial charge in [-0.25, -0.2) is 4.98 Å². The summed E-state index contributed by atoms with van der Waals surface area (Å²) in [6, 6.07) is 14.2. The molecule has 0 atom stereocenters. The van der Waals surface area contributed by atoms with Crippen LogP contribution in [-0.4, -0.2) is 16.9 Å². The number of ether oxygens (including phenoxy) is 1. The largest absolute Gasteiger partial charge is 0.427 e. The number of halogens is 1. The van der Waals surface area contributed by atoms with Crippen molar-refractivity contribution < 1.29 is 14.3 Å². The lowest BCUT2D eigenvalue weighted by Crippen LogP contribution is -2.22. The molecule has 1 amide bonds. The van der Waals surface area contributed by atoms with E-state index in [-0.39, 0.29) is 11.9 Å². The Labute approximate surface area is 177 Å². The highest BCUT2D eigenvalue weighted by atomic mass is 35.5. The van der Waals surface area contributed by atoms with Gasteiger partial charge in [-0.3, -0.25) is 9.59 Å². The minimum atomic E-state index is -0.371. The van der Waals surface area contributed by atoms with Gasteiger partial charge in [-0.15, -0.1) is 11.3 Å². The van der Waals surface area contributed by atoms with Crippen molar-refractivity contribution in [1.82, 2.24) is 10.3 Å². The third-order valence-corrected chi connectivity index (χ3v) is 5.12. The van der Waals surface area contributed by atoms with Gasteiger partial charge in [-0.2, -0.15) is 0 Å². The molecule has 0 saturated heterocycles. The van der Waals surface area contributed by atoms with Crippen LogP contribution in [0, 0.1) is 18.8 Å². The molecule has 0 aliphatic carbocycles. The molecule has 1 N–H and O–H groups in total. The van der Waals surface area contributed by atoms with Crippen molar-refractivity contribution in [1.29, 1.82) is 0 Å². The molecule has 3 rings (SSSR count). The molecule has 0 fully saturated rings. The molecule has 0 spiro atoms. The van der Waals surface area contributed by atoms with Crippen molar-refractivity contribution in [3.05, 3.63) is 80.3 Å². The van der Waals surface area contributed by atoms with Crippen LogP contribution >= 0.6 is 22.9 Å². The Morgan fingerprint density at radius 3 is 2.45 bits per heavy atom. The number of aryl methyl sites for hydroxylation is 1. The second kappa shape index (κ2) is 9.37. The summed E-state index contributed by atoms with van der Waals surface area (Å²) in [5, 5.41) is 4.10. The highest BCUT2D eigenvalue weighted by molar-refractivity contribution is 7.14. The number of thiazole rings is 1. The van der Waals surface area contributed by atoms with Gasteiger partial charge in [-0.05, 0) is 54.8 Å². The van der Waals surface area contributed by atoms with Crippen LogP contribution in [-0.2, 0) is 11.3 Å². The van der Waals surface area contributed by atoms with Gasteiger partial charge in [0.15, 0.2) is 5.01 Å². The Balaban J connectivity index is 1.65. The minimum Gasteiger partial charge on any atom is -0.427 e. The van der Waals surface area contributed by atoms with E-state index in [0.29, 0.717) is 32.9 Å². The highest BCUT2D eigenvalue weighted by Crippen LogP contribution is 2.18. The molecule has 7 heteroatoms. The molecule has 2 aromatic carbocycles. The van der Waals surface area contributed by atoms with Crippen LogP contribution in [0.3, 0.4) is 0 Å². The molecule has 0 saturated carbocycles. The highest BCUT2D eigenvalue weighted by Gasteiger charge is 2.14. The first-order chi connectivity index (χ1) is 13.9. The van der Waals surface area contributed by atoms with E-state index in [2.05, 4.69) is 22.1 Å². The van der Waals surface area contributed by atoms with Gasteiger partial charge in [-0.1, -0.05) is 29.7 Å². The van der Waals surface area contributed by atoms with E-state index in [4.69, 9.17) is 16.3 Å². The second-order valence-corrected chi connectivity index (χ2v) is 7.55. The summed E-state index contributed by atoms with van der Waals surface area (Å²) >= 11 is 7.12. The summed E-state index contributed by atoms with van der Waals surface area (Å²) in [6.45, 7) is 3.54. The SMILES string of the molecule is CC(=O)Oc1ccc(C#Cc2nc(C)c(C(=O)NCc3ccc(Cl)cc3)s2)cc1. The number of aromatic nitrogens is 1. The zero-order valence-corrected chi connectivity index (χ0v) is 17.4. The van der Waals surface area contributed by atoms with Gasteiger partial charge in [0.25, 0.3) is 5.91 Å². The molecule has 146 valence electrons. The van der Waals surface area contributed by atoms with Crippen LogP contribution in [0.15, 0.2) is 48.5 Å². The van der Waals surface area contributed by atoms with Crippen molar-refractivity contribution in [3.8, 4) is 17.6 Å². The van der Waals surface area contributed by atoms with E-state index < -0.39 is 0 Å². The van der Waals surface area contributed by atoms with Crippen LogP contribution < -0.4 is 10.1 Å². The number of nitrogens with one attached hydrogen (secondary N) is 1. The molecular formula is C22H17ClN2O3S. The minimum absolute atomic E-state index is 0.186. The number of rotatable bonds is 4. The van der Waals surface area contributed by atoms with E-state index in [1.165, 1.54) is 18.3 Å². The first kappa shape index (κ1) is 20.6. The zero-order valence-electron chi connectivity index (χ0n) is 15.8. The fourth-order valence-electron chi connectivity index (χ4n) is 2.42. The Hall–Kier alpha value is -3.14. The maximum atomic E-state index is 12.5. The number of nitrogens with zero attached hydrogens (tertiary/aromatic N) is 1. The summed E-state index contributed by atoms with van der Waals surface area (Å²) in [5.74, 6) is 5.88. The van der Waals surface area contributed by atoms with Crippen molar-refractivity contribution in [2.24, 2.45) is 0 Å². The molecule has 0 bridgehead atoms. The Morgan fingerprint density at radius 1 is 1.10 bits per heavy atom. The third-order valence-electron chi connectivity index (χ3n) is 3.80. The summed E-state index contributed by atoms with van der Waals surface area (Å²) in [7, 11) is 0. The predicted molar refractivity (Wildman–Crippen MR) is 113 cm³/mol. The number of benzene rings is 2. The van der Waals surface area contributed by atoms with Crippen LogP contribution in [0.5, 0.6) is 5.75 Å². The van der Waals surface area contributed by atoms with Crippen molar-refractivity contribution in [2.75, 3.05) is 0 Å². The fraction of sp³-hybridized carbons (Fsp3) is 0.136. The normalized spacial score (nSPS) is 10.0. The third kappa shape index (κ3) is 5.92. The standard InChI is InChI=1S/C22H17ClN2O3S/c1-14-21(22(27)24-13-17-3-8-18(23)9-4-17)29-20(25-14)12-7-16-5-10-19(11-6-16)28-15(2)26/h3-6,8-11H,13H2,1-2H3,(H,24,27). The quantitative estimate of drug-likeness (QED) is 0.384. The van der Waals surface area contributed by atoms with Crippen molar-refractivity contribution >= 4 is 34.8 Å². The summed E-state index contributed by atoms with van der Waals surface area (Å²) in [4.78, 5) is 28.3. The van der Waals surface area contributed by atoms with E-state index in [9.17, 15) is 9.59 Å². The average molecular weight is 425 g/mol. The molecule has 0 aliphatic rings. The van der Waals surface area contributed by atoms with Gasteiger partial charge < -0.3 is 10.1 Å². The molecule has 5 nitrogen and oxygen atoms in total. The van der Waals surface area contributed by atoms with E-state index in [0.717, 1.165) is 11.1 Å². The maximum absolute atomic E-state index is 12.5. The first-order valence-electron chi connectivity index (χ1n) is 8.71. The summed E-state index contributed by atoms with van der Waals surface area (Å²) in [5.41, 5.74) is 2.35. The first-order valence-corrected chi connectivity index (χ1v) is 9.91. The Morgan fingerprint density at radius 2 is 1.79 bits per heavy atom. The molecular weight excluding hydrogens is 408 g/mol. The molecule has 1 aromatic heterocycles. The predicted octanol–water partition coefficient (Wildman–Crippen LogP) is 4.36. The molecule has 29 heavy (non-hydrogen) atoms. The van der Waals surface area contributed by atoms with E-state index >= 15 is 0 Å². The van der Waals surface area contributed by atoms with E-state index in [1.54, 1.807) is 43.3 Å². The number of carbonyl (C=O) groups is 2. The van der Waals surface area contributed by atoms with Crippen LogP contribution in [0.2, 0.25) is 5.02 Å². The van der Waals surface area contributed by atoms with Crippen molar-refractivity contribution in [3.63, 3.8) is 0 Å². The van der Waals surface area contributed by atoms with Gasteiger partial charge in [0.1, 0.15) is 10.6 Å². The number of hydrogen-bond acceptors (Lipinski definition) is 5. The smallest absolute Gasteiger partial charge is 0.308 e. The number of hydrogen-bond donors (Lipinski definition) is 1. The molecule has 3 aromatic rings. The van der Waals surface area contributed by atoms with Crippen molar-refractivity contribution in [2.45, 2.75) is 20.4 Å². The summed E-state index contributed by atoms with van der Waals surface area (Å²) < 4.78 is 4.99. The second-order valence-electron chi connectivity index (χ2n) is 6.11. The van der Waals surface area contributed by atoms with Gasteiger partial charge in [0.2, 0.25) is 0 Å². The lowest BCUT2D eigenvalue weighted by Gasteiger charge is -2.04. The molecule has 0 aliphatic heterocycles. The average Bonchev–Trinajstić information content (AvgIpc) is 3.07. The molecule has 0 radical (unpaired) electrons. The summed E-state index contributed by atoms with van der Waals surface area (Å²) in [6.07, 6.45) is 0. The van der Waals surface area contributed by atoms with Gasteiger partial charge in [0, 0.05) is 24.1 Å². The topological polar surface area (TPSA) is 68.3 Å². The van der Waals surface area contributed by atoms with Gasteiger partial charge in [0.05, 0.1) is 5.69 Å². The van der Waals surface area contributed by atoms with Crippen LogP contribution in [0.1, 0.15) is 38.4 Å². The Bertz CT molecular complexity index is 1090. The zero-order chi connectivity index (χ0) is 20.8. The van der Waals surface area contributed by atoms with Crippen LogP contribution in [0.4, 0.5) is 0 Å². The monoisotopic (exact) mass is 424 g/mol. The number of carbonyl (C=O) groups excluding carboxylic acids is 2. The fourth-order valence-corrected chi connectivity index (χ4v) is 3.39. The number of amides is 1. The van der Waals surface area contributed by atoms with Gasteiger partial charge >= 0.3 is 5.97 Å².